The number of halogens is 3. The Hall–Kier alpha value is -3.47. The minimum Gasteiger partial charge on any atom is -0.454 e. The van der Waals surface area contributed by atoms with Gasteiger partial charge in [0.25, 0.3) is 5.91 Å². The molecule has 2 aromatic carbocycles. The lowest BCUT2D eigenvalue weighted by atomic mass is 10.1. The van der Waals surface area contributed by atoms with E-state index < -0.39 is 30.2 Å². The van der Waals surface area contributed by atoms with E-state index in [2.05, 4.69) is 5.32 Å². The van der Waals surface area contributed by atoms with Crippen LogP contribution in [0.1, 0.15) is 15.9 Å². The summed E-state index contributed by atoms with van der Waals surface area (Å²) in [5.74, 6) is -0.689. The zero-order chi connectivity index (χ0) is 22.7. The van der Waals surface area contributed by atoms with Crippen molar-refractivity contribution in [3.63, 3.8) is 0 Å². The molecule has 170 valence electrons. The highest BCUT2D eigenvalue weighted by Gasteiger charge is 2.32. The summed E-state index contributed by atoms with van der Waals surface area (Å²) in [5.41, 5.74) is -0.347. The fourth-order valence-electron chi connectivity index (χ4n) is 3.32. The van der Waals surface area contributed by atoms with E-state index in [0.29, 0.717) is 43.5 Å². The minimum absolute atomic E-state index is 0.0224. The molecule has 0 aromatic heterocycles. The topological polar surface area (TPSA) is 86.3 Å². The molecule has 0 atom stereocenters. The van der Waals surface area contributed by atoms with Crippen LogP contribution >= 0.6 is 0 Å². The number of anilines is 2. The molecule has 1 N–H and O–H groups in total. The van der Waals surface area contributed by atoms with Crippen LogP contribution in [-0.4, -0.2) is 51.6 Å². The summed E-state index contributed by atoms with van der Waals surface area (Å²) in [4.78, 5) is 26.4. The first-order valence-corrected chi connectivity index (χ1v) is 9.72. The van der Waals surface area contributed by atoms with Gasteiger partial charge in [-0.15, -0.1) is 0 Å². The van der Waals surface area contributed by atoms with Gasteiger partial charge in [0.05, 0.1) is 35.7 Å². The molecule has 8 nitrogen and oxygen atoms in total. The summed E-state index contributed by atoms with van der Waals surface area (Å²) in [6.07, 6.45) is -4.57. The molecule has 2 aliphatic heterocycles. The maximum Gasteiger partial charge on any atom is 0.416 e. The molecule has 2 aromatic rings. The number of ether oxygens (including phenoxy) is 4. The fourth-order valence-corrected chi connectivity index (χ4v) is 3.32. The highest BCUT2D eigenvalue weighted by Crippen LogP contribution is 2.36. The summed E-state index contributed by atoms with van der Waals surface area (Å²) in [6, 6.07) is 7.55. The van der Waals surface area contributed by atoms with Crippen LogP contribution in [-0.2, 0) is 20.4 Å². The molecule has 11 heteroatoms. The number of esters is 1. The predicted octanol–water partition coefficient (Wildman–Crippen LogP) is 3.07. The summed E-state index contributed by atoms with van der Waals surface area (Å²) in [5, 5.41) is 2.43. The normalized spacial score (nSPS) is 15.4. The number of nitrogens with zero attached hydrogens (tertiary/aromatic N) is 1. The maximum absolute atomic E-state index is 13.2. The van der Waals surface area contributed by atoms with E-state index in [4.69, 9.17) is 18.9 Å². The molecule has 4 rings (SSSR count). The van der Waals surface area contributed by atoms with Crippen LogP contribution < -0.4 is 19.7 Å². The molecule has 1 fully saturated rings. The Morgan fingerprint density at radius 3 is 2.53 bits per heavy atom. The van der Waals surface area contributed by atoms with Gasteiger partial charge in [-0.2, -0.15) is 13.2 Å². The van der Waals surface area contributed by atoms with Crippen molar-refractivity contribution in [2.75, 3.05) is 49.9 Å². The maximum atomic E-state index is 13.2. The van der Waals surface area contributed by atoms with Gasteiger partial charge in [0, 0.05) is 13.1 Å². The monoisotopic (exact) mass is 452 g/mol. The van der Waals surface area contributed by atoms with E-state index >= 15 is 0 Å². The fraction of sp³-hybridized carbons (Fsp3) is 0.333. The van der Waals surface area contributed by atoms with Crippen LogP contribution in [0.5, 0.6) is 11.5 Å². The van der Waals surface area contributed by atoms with Crippen LogP contribution in [0.2, 0.25) is 0 Å². The second-order valence-electron chi connectivity index (χ2n) is 7.02. The molecule has 0 unspecified atom stereocenters. The van der Waals surface area contributed by atoms with Gasteiger partial charge in [-0.05, 0) is 36.4 Å². The van der Waals surface area contributed by atoms with Gasteiger partial charge >= 0.3 is 12.1 Å². The van der Waals surface area contributed by atoms with Gasteiger partial charge in [0.15, 0.2) is 18.1 Å². The Kier molecular flexibility index (Phi) is 6.08. The first-order valence-electron chi connectivity index (χ1n) is 9.72. The van der Waals surface area contributed by atoms with Crippen LogP contribution in [0.15, 0.2) is 36.4 Å². The number of alkyl halides is 3. The number of rotatable bonds is 5. The number of carbonyl (C=O) groups excluding carboxylic acids is 2. The van der Waals surface area contributed by atoms with Crippen LogP contribution in [0, 0.1) is 0 Å². The molecule has 1 amide bonds. The molecule has 2 heterocycles. The lowest BCUT2D eigenvalue weighted by Gasteiger charge is -2.31. The molecular formula is C21H19F3N2O6. The Labute approximate surface area is 180 Å². The average Bonchev–Trinajstić information content (AvgIpc) is 3.25. The lowest BCUT2D eigenvalue weighted by molar-refractivity contribution is -0.137. The number of carbonyl (C=O) groups is 2. The standard InChI is InChI=1S/C21H19F3N2O6/c22-21(23,24)14-2-3-16(26-5-7-29-8-6-26)15(10-14)25-19(27)11-30-20(28)13-1-4-17-18(9-13)32-12-31-17/h1-4,9-10H,5-8,11-12H2,(H,25,27). The number of hydrogen-bond acceptors (Lipinski definition) is 7. The van der Waals surface area contributed by atoms with E-state index in [0.717, 1.165) is 12.1 Å². The van der Waals surface area contributed by atoms with Crippen LogP contribution in [0.3, 0.4) is 0 Å². The Balaban J connectivity index is 1.44. The number of benzene rings is 2. The second kappa shape index (κ2) is 8.95. The molecule has 0 spiro atoms. The van der Waals surface area contributed by atoms with Crippen molar-refractivity contribution >= 4 is 23.3 Å². The molecule has 0 bridgehead atoms. The molecule has 2 aliphatic rings. The third kappa shape index (κ3) is 4.88. The van der Waals surface area contributed by atoms with Gasteiger partial charge < -0.3 is 29.2 Å². The number of morpholine rings is 1. The number of hydrogen-bond donors (Lipinski definition) is 1. The number of nitrogens with one attached hydrogen (secondary N) is 1. The van der Waals surface area contributed by atoms with Crippen molar-refractivity contribution in [1.82, 2.24) is 0 Å². The number of fused-ring (bicyclic) bond motifs is 1. The van der Waals surface area contributed by atoms with Crippen molar-refractivity contribution in [1.29, 1.82) is 0 Å². The van der Waals surface area contributed by atoms with E-state index in [-0.39, 0.29) is 18.0 Å². The van der Waals surface area contributed by atoms with Crippen LogP contribution in [0.25, 0.3) is 0 Å². The van der Waals surface area contributed by atoms with Crippen molar-refractivity contribution in [3.05, 3.63) is 47.5 Å². The number of amides is 1. The highest BCUT2D eigenvalue weighted by molar-refractivity contribution is 5.98. The van der Waals surface area contributed by atoms with E-state index in [1.807, 2.05) is 4.90 Å². The molecular weight excluding hydrogens is 433 g/mol. The van der Waals surface area contributed by atoms with Crippen molar-refractivity contribution in [3.8, 4) is 11.5 Å². The van der Waals surface area contributed by atoms with Crippen molar-refractivity contribution in [2.45, 2.75) is 6.18 Å². The zero-order valence-electron chi connectivity index (χ0n) is 16.7. The molecule has 0 radical (unpaired) electrons. The van der Waals surface area contributed by atoms with E-state index in [9.17, 15) is 22.8 Å². The van der Waals surface area contributed by atoms with Gasteiger partial charge in [0.2, 0.25) is 6.79 Å². The lowest BCUT2D eigenvalue weighted by Crippen LogP contribution is -2.37. The second-order valence-corrected chi connectivity index (χ2v) is 7.02. The van der Waals surface area contributed by atoms with Gasteiger partial charge in [0.1, 0.15) is 0 Å². The predicted molar refractivity (Wildman–Crippen MR) is 106 cm³/mol. The smallest absolute Gasteiger partial charge is 0.416 e. The van der Waals surface area contributed by atoms with Crippen molar-refractivity contribution < 1.29 is 41.7 Å². The zero-order valence-corrected chi connectivity index (χ0v) is 16.7. The van der Waals surface area contributed by atoms with E-state index in [1.54, 1.807) is 0 Å². The quantitative estimate of drug-likeness (QED) is 0.698. The molecule has 1 saturated heterocycles. The van der Waals surface area contributed by atoms with Gasteiger partial charge in [-0.3, -0.25) is 4.79 Å². The first kappa shape index (κ1) is 21.8. The Morgan fingerprint density at radius 1 is 1.03 bits per heavy atom. The van der Waals surface area contributed by atoms with Gasteiger partial charge in [-0.1, -0.05) is 0 Å². The van der Waals surface area contributed by atoms with E-state index in [1.165, 1.54) is 24.3 Å². The molecule has 0 saturated carbocycles. The summed E-state index contributed by atoms with van der Waals surface area (Å²) < 4.78 is 60.2. The Bertz CT molecular complexity index is 1020. The van der Waals surface area contributed by atoms with Crippen LogP contribution in [0.4, 0.5) is 24.5 Å². The largest absolute Gasteiger partial charge is 0.454 e. The van der Waals surface area contributed by atoms with Crippen molar-refractivity contribution in [2.24, 2.45) is 0 Å². The van der Waals surface area contributed by atoms with Gasteiger partial charge in [-0.25, -0.2) is 4.79 Å². The third-order valence-electron chi connectivity index (χ3n) is 4.89. The Morgan fingerprint density at radius 2 is 1.78 bits per heavy atom. The third-order valence-corrected chi connectivity index (χ3v) is 4.89. The highest BCUT2D eigenvalue weighted by atomic mass is 19.4. The molecule has 0 aliphatic carbocycles. The summed E-state index contributed by atoms with van der Waals surface area (Å²) >= 11 is 0. The first-order chi connectivity index (χ1) is 15.3. The molecule has 32 heavy (non-hydrogen) atoms. The average molecular weight is 452 g/mol. The summed E-state index contributed by atoms with van der Waals surface area (Å²) in [7, 11) is 0. The summed E-state index contributed by atoms with van der Waals surface area (Å²) in [6.45, 7) is 1.13. The SMILES string of the molecule is O=C(COC(=O)c1ccc2c(c1)OCO2)Nc1cc(C(F)(F)F)ccc1N1CCOCC1. The minimum atomic E-state index is -4.57.